The number of carbonyl (C=O) groups is 1. The zero-order chi connectivity index (χ0) is 12.3. The van der Waals surface area contributed by atoms with Crippen LogP contribution in [0, 0.1) is 5.82 Å². The van der Waals surface area contributed by atoms with Crippen molar-refractivity contribution in [3.05, 3.63) is 34.6 Å². The number of nitrogens with two attached hydrogens (primary N) is 2. The van der Waals surface area contributed by atoms with E-state index >= 15 is 0 Å². The van der Waals surface area contributed by atoms with E-state index in [2.05, 4.69) is 0 Å². The summed E-state index contributed by atoms with van der Waals surface area (Å²) in [5.74, 6) is 4.35. The Hall–Kier alpha value is -1.17. The largest absolute Gasteiger partial charge is 0.320 e. The molecule has 1 rings (SSSR count). The molecule has 1 amide bonds. The van der Waals surface area contributed by atoms with Crippen LogP contribution in [0.1, 0.15) is 5.56 Å². The summed E-state index contributed by atoms with van der Waals surface area (Å²) in [6.07, 6.45) is 0.0623. The van der Waals surface area contributed by atoms with Gasteiger partial charge in [0.1, 0.15) is 5.82 Å². The topological polar surface area (TPSA) is 72.3 Å². The highest BCUT2D eigenvalue weighted by atomic mass is 35.5. The first-order valence-corrected chi connectivity index (χ1v) is 5.01. The van der Waals surface area contributed by atoms with Gasteiger partial charge in [0.2, 0.25) is 0 Å². The van der Waals surface area contributed by atoms with Crippen molar-refractivity contribution in [1.29, 1.82) is 0 Å². The van der Waals surface area contributed by atoms with Gasteiger partial charge in [-0.25, -0.2) is 10.2 Å². The third kappa shape index (κ3) is 3.16. The second-order valence-electron chi connectivity index (χ2n) is 3.50. The second-order valence-corrected chi connectivity index (χ2v) is 3.93. The standard InChI is InChI=1S/C10H13ClFN3O/c1-15(14)10(16)9(13)5-6-4-7(11)2-3-8(6)12/h2-4,9H,5,13-14H2,1H3. The van der Waals surface area contributed by atoms with Crippen molar-refractivity contribution in [2.24, 2.45) is 11.6 Å². The molecule has 1 aromatic rings. The van der Waals surface area contributed by atoms with Gasteiger partial charge in [0.25, 0.3) is 5.91 Å². The minimum atomic E-state index is -0.872. The van der Waals surface area contributed by atoms with Crippen LogP contribution in [0.3, 0.4) is 0 Å². The van der Waals surface area contributed by atoms with Gasteiger partial charge in [0, 0.05) is 12.1 Å². The summed E-state index contributed by atoms with van der Waals surface area (Å²) in [5.41, 5.74) is 5.89. The molecule has 4 N–H and O–H groups in total. The van der Waals surface area contributed by atoms with Crippen LogP contribution in [-0.2, 0) is 11.2 Å². The number of rotatable bonds is 3. The number of nitrogens with zero attached hydrogens (tertiary/aromatic N) is 1. The monoisotopic (exact) mass is 245 g/mol. The first-order chi connectivity index (χ1) is 7.41. The maximum Gasteiger partial charge on any atom is 0.253 e. The number of hydrogen-bond acceptors (Lipinski definition) is 3. The van der Waals surface area contributed by atoms with Crippen LogP contribution < -0.4 is 11.6 Å². The molecule has 0 bridgehead atoms. The van der Waals surface area contributed by atoms with Gasteiger partial charge in [-0.2, -0.15) is 0 Å². The fourth-order valence-corrected chi connectivity index (χ4v) is 1.48. The van der Waals surface area contributed by atoms with E-state index in [4.69, 9.17) is 23.2 Å². The molecule has 0 aliphatic heterocycles. The molecular formula is C10H13ClFN3O. The Morgan fingerprint density at radius 1 is 1.62 bits per heavy atom. The molecule has 16 heavy (non-hydrogen) atoms. The molecular weight excluding hydrogens is 233 g/mol. The van der Waals surface area contributed by atoms with Crippen LogP contribution in [0.4, 0.5) is 4.39 Å². The van der Waals surface area contributed by atoms with Gasteiger partial charge in [0.05, 0.1) is 6.04 Å². The molecule has 4 nitrogen and oxygen atoms in total. The zero-order valence-electron chi connectivity index (χ0n) is 8.78. The van der Waals surface area contributed by atoms with Crippen molar-refractivity contribution in [3.8, 4) is 0 Å². The van der Waals surface area contributed by atoms with Crippen LogP contribution in [0.5, 0.6) is 0 Å². The Morgan fingerprint density at radius 3 is 2.81 bits per heavy atom. The Balaban J connectivity index is 2.80. The predicted octanol–water partition coefficient (Wildman–Crippen LogP) is 0.681. The molecule has 6 heteroatoms. The van der Waals surface area contributed by atoms with Crippen LogP contribution >= 0.6 is 11.6 Å². The summed E-state index contributed by atoms with van der Waals surface area (Å²) >= 11 is 5.71. The third-order valence-corrected chi connectivity index (χ3v) is 2.35. The minimum absolute atomic E-state index is 0.0623. The zero-order valence-corrected chi connectivity index (χ0v) is 9.54. The summed E-state index contributed by atoms with van der Waals surface area (Å²) in [7, 11) is 1.39. The average Bonchev–Trinajstić information content (AvgIpc) is 2.22. The SMILES string of the molecule is CN(N)C(=O)C(N)Cc1cc(Cl)ccc1F. The van der Waals surface area contributed by atoms with E-state index in [1.54, 1.807) is 0 Å². The molecule has 1 unspecified atom stereocenters. The van der Waals surface area contributed by atoms with Gasteiger partial charge in [-0.1, -0.05) is 11.6 Å². The van der Waals surface area contributed by atoms with Crippen molar-refractivity contribution in [1.82, 2.24) is 5.01 Å². The van der Waals surface area contributed by atoms with Gasteiger partial charge in [-0.3, -0.25) is 9.80 Å². The van der Waals surface area contributed by atoms with Gasteiger partial charge in [-0.05, 0) is 30.2 Å². The van der Waals surface area contributed by atoms with Crippen molar-refractivity contribution in [2.45, 2.75) is 12.5 Å². The predicted molar refractivity (Wildman–Crippen MR) is 60.0 cm³/mol. The van der Waals surface area contributed by atoms with E-state index < -0.39 is 17.8 Å². The lowest BCUT2D eigenvalue weighted by atomic mass is 10.1. The highest BCUT2D eigenvalue weighted by molar-refractivity contribution is 6.30. The van der Waals surface area contributed by atoms with E-state index in [1.165, 1.54) is 25.2 Å². The number of amides is 1. The molecule has 0 heterocycles. The van der Waals surface area contributed by atoms with E-state index in [-0.39, 0.29) is 6.42 Å². The number of halogens is 2. The fourth-order valence-electron chi connectivity index (χ4n) is 1.29. The first kappa shape index (κ1) is 12.9. The highest BCUT2D eigenvalue weighted by Crippen LogP contribution is 2.16. The van der Waals surface area contributed by atoms with E-state index in [0.29, 0.717) is 10.6 Å². The lowest BCUT2D eigenvalue weighted by Gasteiger charge is -2.16. The maximum atomic E-state index is 13.3. The Morgan fingerprint density at radius 2 is 2.25 bits per heavy atom. The van der Waals surface area contributed by atoms with Crippen molar-refractivity contribution in [3.63, 3.8) is 0 Å². The molecule has 0 saturated heterocycles. The number of carbonyl (C=O) groups excluding carboxylic acids is 1. The van der Waals surface area contributed by atoms with Crippen LogP contribution in [0.15, 0.2) is 18.2 Å². The van der Waals surface area contributed by atoms with E-state index in [1.807, 2.05) is 0 Å². The molecule has 0 saturated carbocycles. The fraction of sp³-hybridized carbons (Fsp3) is 0.300. The van der Waals surface area contributed by atoms with Gasteiger partial charge >= 0.3 is 0 Å². The summed E-state index contributed by atoms with van der Waals surface area (Å²) in [5, 5.41) is 1.28. The third-order valence-electron chi connectivity index (χ3n) is 2.11. The molecule has 88 valence electrons. The minimum Gasteiger partial charge on any atom is -0.320 e. The molecule has 0 aliphatic carbocycles. The lowest BCUT2D eigenvalue weighted by Crippen LogP contribution is -2.46. The summed E-state index contributed by atoms with van der Waals surface area (Å²) in [6, 6.07) is 3.24. The van der Waals surface area contributed by atoms with Crippen LogP contribution in [-0.4, -0.2) is 24.0 Å². The Labute approximate surface area is 97.9 Å². The Kier molecular flexibility index (Phi) is 4.23. The summed E-state index contributed by atoms with van der Waals surface area (Å²) < 4.78 is 13.3. The Bertz CT molecular complexity index is 398. The van der Waals surface area contributed by atoms with Crippen molar-refractivity contribution < 1.29 is 9.18 Å². The van der Waals surface area contributed by atoms with Crippen molar-refractivity contribution in [2.75, 3.05) is 7.05 Å². The average molecular weight is 246 g/mol. The van der Waals surface area contributed by atoms with Crippen LogP contribution in [0.25, 0.3) is 0 Å². The molecule has 1 aromatic carbocycles. The number of likely N-dealkylation sites (N-methyl/N-ethyl adjacent to an activating group) is 1. The number of benzene rings is 1. The maximum absolute atomic E-state index is 13.3. The van der Waals surface area contributed by atoms with E-state index in [0.717, 1.165) is 5.01 Å². The molecule has 1 atom stereocenters. The van der Waals surface area contributed by atoms with E-state index in [9.17, 15) is 9.18 Å². The second kappa shape index (κ2) is 5.25. The van der Waals surface area contributed by atoms with Crippen LogP contribution in [0.2, 0.25) is 5.02 Å². The number of hydrogen-bond donors (Lipinski definition) is 2. The molecule has 0 spiro atoms. The smallest absolute Gasteiger partial charge is 0.253 e. The first-order valence-electron chi connectivity index (χ1n) is 4.63. The molecule has 0 fully saturated rings. The highest BCUT2D eigenvalue weighted by Gasteiger charge is 2.18. The molecule has 0 aliphatic rings. The van der Waals surface area contributed by atoms with Gasteiger partial charge in [-0.15, -0.1) is 0 Å². The van der Waals surface area contributed by atoms with Gasteiger partial charge in [0.15, 0.2) is 0 Å². The van der Waals surface area contributed by atoms with Crippen molar-refractivity contribution >= 4 is 17.5 Å². The summed E-state index contributed by atoms with van der Waals surface area (Å²) in [6.45, 7) is 0. The lowest BCUT2D eigenvalue weighted by molar-refractivity contribution is -0.131. The molecule has 0 radical (unpaired) electrons. The number of hydrazine groups is 1. The molecule has 0 aromatic heterocycles. The normalized spacial score (nSPS) is 12.3. The summed E-state index contributed by atoms with van der Waals surface area (Å²) in [4.78, 5) is 11.4. The quantitative estimate of drug-likeness (QED) is 0.467. The van der Waals surface area contributed by atoms with Gasteiger partial charge < -0.3 is 5.73 Å².